The van der Waals surface area contributed by atoms with E-state index < -0.39 is 0 Å². The summed E-state index contributed by atoms with van der Waals surface area (Å²) in [5.74, 6) is -0.227. The Labute approximate surface area is 102 Å². The average Bonchev–Trinajstić information content (AvgIpc) is 2.57. The summed E-state index contributed by atoms with van der Waals surface area (Å²) in [5, 5.41) is 0. The van der Waals surface area contributed by atoms with E-state index in [2.05, 4.69) is 23.0 Å². The Bertz CT molecular complexity index is 332. The minimum Gasteiger partial charge on any atom is -0.468 e. The van der Waals surface area contributed by atoms with Crippen LogP contribution in [0.3, 0.4) is 0 Å². The first-order valence-electron chi connectivity index (χ1n) is 5.77. The molecule has 0 fully saturated rings. The van der Waals surface area contributed by atoms with E-state index in [1.54, 1.807) is 0 Å². The van der Waals surface area contributed by atoms with Crippen LogP contribution in [0, 0.1) is 0 Å². The van der Waals surface area contributed by atoms with Crippen molar-refractivity contribution in [3.63, 3.8) is 0 Å². The number of hydrogen-bond acceptors (Lipinski definition) is 4. The number of nitrogens with two attached hydrogens (primary N) is 1. The molecule has 0 aromatic heterocycles. The van der Waals surface area contributed by atoms with E-state index >= 15 is 0 Å². The molecule has 0 atom stereocenters. The molecule has 0 aromatic carbocycles. The maximum absolute atomic E-state index is 11.3. The molecule has 94 valence electrons. The second-order valence-electron chi connectivity index (χ2n) is 3.88. The lowest BCUT2D eigenvalue weighted by Crippen LogP contribution is -2.36. The number of allylic oxidation sites excluding steroid dienone is 4. The Hall–Kier alpha value is -1.39. The van der Waals surface area contributed by atoms with Crippen molar-refractivity contribution in [3.8, 4) is 0 Å². The Morgan fingerprint density at radius 2 is 2.35 bits per heavy atom. The third-order valence-electron chi connectivity index (χ3n) is 2.51. The molecule has 0 bridgehead atoms. The quantitative estimate of drug-likeness (QED) is 0.695. The standard InChI is InChI=1S/C13H20N2O2/c1-17-13(16)11-15(9-8-14)10-12-6-4-2-3-5-7-12/h2-4,6-7H,5,8-11,14H2,1H3. The first-order valence-corrected chi connectivity index (χ1v) is 5.77. The van der Waals surface area contributed by atoms with E-state index in [9.17, 15) is 4.79 Å². The number of nitrogens with zero attached hydrogens (tertiary/aromatic N) is 1. The van der Waals surface area contributed by atoms with Crippen LogP contribution in [0.2, 0.25) is 0 Å². The van der Waals surface area contributed by atoms with Crippen molar-refractivity contribution in [2.45, 2.75) is 6.42 Å². The van der Waals surface area contributed by atoms with E-state index in [1.807, 2.05) is 17.1 Å². The Kier molecular flexibility index (Phi) is 6.29. The Morgan fingerprint density at radius 3 is 3.06 bits per heavy atom. The first kappa shape index (κ1) is 13.7. The topological polar surface area (TPSA) is 55.6 Å². The number of carbonyl (C=O) groups is 1. The average molecular weight is 236 g/mol. The summed E-state index contributed by atoms with van der Waals surface area (Å²) in [4.78, 5) is 13.2. The van der Waals surface area contributed by atoms with Gasteiger partial charge in [0.1, 0.15) is 0 Å². The summed E-state index contributed by atoms with van der Waals surface area (Å²) < 4.78 is 4.67. The van der Waals surface area contributed by atoms with Gasteiger partial charge in [0.15, 0.2) is 0 Å². The molecule has 1 rings (SSSR count). The van der Waals surface area contributed by atoms with Gasteiger partial charge in [-0.3, -0.25) is 9.69 Å². The predicted molar refractivity (Wildman–Crippen MR) is 68.5 cm³/mol. The fraction of sp³-hybridized carbons (Fsp3) is 0.462. The molecule has 4 nitrogen and oxygen atoms in total. The molecule has 0 aliphatic heterocycles. The zero-order valence-corrected chi connectivity index (χ0v) is 10.3. The van der Waals surface area contributed by atoms with Crippen molar-refractivity contribution in [2.24, 2.45) is 5.73 Å². The summed E-state index contributed by atoms with van der Waals surface area (Å²) in [5.41, 5.74) is 6.74. The van der Waals surface area contributed by atoms with Crippen LogP contribution in [0.15, 0.2) is 36.0 Å². The molecule has 0 aromatic rings. The molecule has 0 saturated heterocycles. The highest BCUT2D eigenvalue weighted by molar-refractivity contribution is 5.71. The van der Waals surface area contributed by atoms with Gasteiger partial charge in [0.25, 0.3) is 0 Å². The monoisotopic (exact) mass is 236 g/mol. The summed E-state index contributed by atoms with van der Waals surface area (Å²) >= 11 is 0. The normalized spacial score (nSPS) is 14.6. The highest BCUT2D eigenvalue weighted by atomic mass is 16.5. The molecule has 0 amide bonds. The van der Waals surface area contributed by atoms with Crippen molar-refractivity contribution in [1.29, 1.82) is 0 Å². The third kappa shape index (κ3) is 5.47. The molecule has 0 saturated carbocycles. The molecular weight excluding hydrogens is 216 g/mol. The lowest BCUT2D eigenvalue weighted by Gasteiger charge is -2.20. The summed E-state index contributed by atoms with van der Waals surface area (Å²) in [6.45, 7) is 2.23. The minimum absolute atomic E-state index is 0.227. The molecule has 0 unspecified atom stereocenters. The van der Waals surface area contributed by atoms with E-state index in [1.165, 1.54) is 12.7 Å². The maximum Gasteiger partial charge on any atom is 0.319 e. The third-order valence-corrected chi connectivity index (χ3v) is 2.51. The minimum atomic E-state index is -0.227. The van der Waals surface area contributed by atoms with Gasteiger partial charge in [-0.05, 0) is 12.0 Å². The van der Waals surface area contributed by atoms with E-state index in [0.29, 0.717) is 13.1 Å². The van der Waals surface area contributed by atoms with Gasteiger partial charge in [0.2, 0.25) is 0 Å². The van der Waals surface area contributed by atoms with Gasteiger partial charge in [-0.25, -0.2) is 0 Å². The van der Waals surface area contributed by atoms with Crippen LogP contribution in [-0.4, -0.2) is 44.2 Å². The van der Waals surface area contributed by atoms with Crippen molar-refractivity contribution in [2.75, 3.05) is 33.3 Å². The maximum atomic E-state index is 11.3. The van der Waals surface area contributed by atoms with Crippen molar-refractivity contribution in [1.82, 2.24) is 4.90 Å². The number of rotatable bonds is 6. The number of esters is 1. The Morgan fingerprint density at radius 1 is 1.53 bits per heavy atom. The van der Waals surface area contributed by atoms with Crippen molar-refractivity contribution < 1.29 is 9.53 Å². The fourth-order valence-corrected chi connectivity index (χ4v) is 1.64. The number of methoxy groups -OCH3 is 1. The van der Waals surface area contributed by atoms with E-state index in [4.69, 9.17) is 5.73 Å². The molecule has 0 radical (unpaired) electrons. The lowest BCUT2D eigenvalue weighted by atomic mass is 10.2. The first-order chi connectivity index (χ1) is 8.26. The van der Waals surface area contributed by atoms with Crippen molar-refractivity contribution in [3.05, 3.63) is 36.0 Å². The van der Waals surface area contributed by atoms with Gasteiger partial charge in [-0.2, -0.15) is 0 Å². The second-order valence-corrected chi connectivity index (χ2v) is 3.88. The SMILES string of the molecule is COC(=O)CN(CCN)CC1=CCC=CC=C1. The van der Waals surface area contributed by atoms with Gasteiger partial charge >= 0.3 is 5.97 Å². The van der Waals surface area contributed by atoms with Gasteiger partial charge in [0.05, 0.1) is 13.7 Å². The molecule has 1 aliphatic carbocycles. The summed E-state index contributed by atoms with van der Waals surface area (Å²) in [6, 6.07) is 0. The van der Waals surface area contributed by atoms with Gasteiger partial charge < -0.3 is 10.5 Å². The highest BCUT2D eigenvalue weighted by Crippen LogP contribution is 2.07. The van der Waals surface area contributed by atoms with Crippen LogP contribution in [0.1, 0.15) is 6.42 Å². The molecule has 1 aliphatic rings. The van der Waals surface area contributed by atoms with Crippen molar-refractivity contribution >= 4 is 5.97 Å². The summed E-state index contributed by atoms with van der Waals surface area (Å²) in [6.07, 6.45) is 11.3. The van der Waals surface area contributed by atoms with Crippen LogP contribution >= 0.6 is 0 Å². The molecule has 0 heterocycles. The molecule has 2 N–H and O–H groups in total. The molecule has 0 spiro atoms. The molecule has 17 heavy (non-hydrogen) atoms. The lowest BCUT2D eigenvalue weighted by molar-refractivity contribution is -0.141. The zero-order valence-electron chi connectivity index (χ0n) is 10.3. The van der Waals surface area contributed by atoms with E-state index in [-0.39, 0.29) is 12.5 Å². The molecular formula is C13H20N2O2. The smallest absolute Gasteiger partial charge is 0.319 e. The van der Waals surface area contributed by atoms with Crippen LogP contribution in [0.4, 0.5) is 0 Å². The highest BCUT2D eigenvalue weighted by Gasteiger charge is 2.11. The number of hydrogen-bond donors (Lipinski definition) is 1. The van der Waals surface area contributed by atoms with Gasteiger partial charge in [-0.1, -0.05) is 30.4 Å². The largest absolute Gasteiger partial charge is 0.468 e. The fourth-order valence-electron chi connectivity index (χ4n) is 1.64. The van der Waals surface area contributed by atoms with E-state index in [0.717, 1.165) is 13.0 Å². The zero-order chi connectivity index (χ0) is 12.5. The van der Waals surface area contributed by atoms with Crippen LogP contribution < -0.4 is 5.73 Å². The van der Waals surface area contributed by atoms with Gasteiger partial charge in [0, 0.05) is 19.6 Å². The van der Waals surface area contributed by atoms with Crippen LogP contribution in [0.25, 0.3) is 0 Å². The summed E-state index contributed by atoms with van der Waals surface area (Å²) in [7, 11) is 1.40. The van der Waals surface area contributed by atoms with Crippen LogP contribution in [-0.2, 0) is 9.53 Å². The molecule has 4 heteroatoms. The number of ether oxygens (including phenoxy) is 1. The Balaban J connectivity index is 2.53. The predicted octanol–water partition coefficient (Wildman–Crippen LogP) is 0.863. The van der Waals surface area contributed by atoms with Crippen LogP contribution in [0.5, 0.6) is 0 Å². The van der Waals surface area contributed by atoms with Gasteiger partial charge in [-0.15, -0.1) is 0 Å². The number of carbonyl (C=O) groups excluding carboxylic acids is 1. The second kappa shape index (κ2) is 7.81.